The molecule has 0 bridgehead atoms. The second-order valence-electron chi connectivity index (χ2n) is 6.64. The lowest BCUT2D eigenvalue weighted by atomic mass is 10.3. The molecule has 1 N–H and O–H groups in total. The van der Waals surface area contributed by atoms with E-state index >= 15 is 0 Å². The summed E-state index contributed by atoms with van der Waals surface area (Å²) in [4.78, 5) is 15.4. The summed E-state index contributed by atoms with van der Waals surface area (Å²) in [5.41, 5.74) is 1.15. The van der Waals surface area contributed by atoms with Gasteiger partial charge in [-0.05, 0) is 49.3 Å². The van der Waals surface area contributed by atoms with Gasteiger partial charge in [0.25, 0.3) is 0 Å². The zero-order valence-electron chi connectivity index (χ0n) is 16.2. The number of hydrogen-bond acceptors (Lipinski definition) is 4. The van der Waals surface area contributed by atoms with Crippen LogP contribution in [0.3, 0.4) is 0 Å². The number of nitrogens with one attached hydrogen (secondary N) is 1. The van der Waals surface area contributed by atoms with Crippen LogP contribution in [0.4, 0.5) is 5.82 Å². The van der Waals surface area contributed by atoms with E-state index in [1.165, 1.54) is 17.7 Å². The van der Waals surface area contributed by atoms with Gasteiger partial charge >= 0.3 is 0 Å². The van der Waals surface area contributed by atoms with Crippen LogP contribution in [0.1, 0.15) is 30.2 Å². The zero-order chi connectivity index (χ0) is 18.2. The number of rotatable bonds is 7. The summed E-state index contributed by atoms with van der Waals surface area (Å²) in [6.45, 7) is 6.84. The summed E-state index contributed by atoms with van der Waals surface area (Å²) in [5.74, 6) is 2.04. The molecule has 1 aliphatic heterocycles. The van der Waals surface area contributed by atoms with Gasteiger partial charge in [-0.3, -0.25) is 0 Å². The molecule has 7 heteroatoms. The number of anilines is 1. The number of guanidine groups is 1. The third kappa shape index (κ3) is 6.64. The van der Waals surface area contributed by atoms with Gasteiger partial charge in [0.1, 0.15) is 5.82 Å². The van der Waals surface area contributed by atoms with Gasteiger partial charge < -0.3 is 15.1 Å². The maximum atomic E-state index is 4.79. The lowest BCUT2D eigenvalue weighted by molar-refractivity contribution is 0.486. The predicted molar refractivity (Wildman–Crippen MR) is 127 cm³/mol. The standard InChI is InChI=1S/C20H29N5S.HI/c1-3-21-20(24(2)13-10-18-7-6-14-26-18)23-16-17-8-9-19(22-15-17)25-11-4-5-12-25;/h6-9,14-15H,3-5,10-13,16H2,1-2H3,(H,21,23);1H. The Bertz CT molecular complexity index is 681. The average Bonchev–Trinajstić information content (AvgIpc) is 3.37. The van der Waals surface area contributed by atoms with Crippen LogP contribution in [0.15, 0.2) is 40.8 Å². The summed E-state index contributed by atoms with van der Waals surface area (Å²) in [7, 11) is 2.10. The van der Waals surface area contributed by atoms with Gasteiger partial charge in [-0.15, -0.1) is 35.3 Å². The van der Waals surface area contributed by atoms with Crippen molar-refractivity contribution < 1.29 is 0 Å². The smallest absolute Gasteiger partial charge is 0.193 e. The zero-order valence-corrected chi connectivity index (χ0v) is 19.4. The van der Waals surface area contributed by atoms with E-state index in [9.17, 15) is 0 Å². The molecule has 27 heavy (non-hydrogen) atoms. The van der Waals surface area contributed by atoms with Crippen molar-refractivity contribution in [2.75, 3.05) is 38.1 Å². The van der Waals surface area contributed by atoms with Crippen LogP contribution in [0, 0.1) is 0 Å². The van der Waals surface area contributed by atoms with Crippen molar-refractivity contribution >= 4 is 47.1 Å². The lowest BCUT2D eigenvalue weighted by Gasteiger charge is -2.22. The monoisotopic (exact) mass is 499 g/mol. The minimum absolute atomic E-state index is 0. The van der Waals surface area contributed by atoms with Gasteiger partial charge in [-0.2, -0.15) is 0 Å². The molecule has 0 aromatic carbocycles. The molecular weight excluding hydrogens is 469 g/mol. The van der Waals surface area contributed by atoms with Crippen LogP contribution < -0.4 is 10.2 Å². The normalized spacial score (nSPS) is 14.1. The summed E-state index contributed by atoms with van der Waals surface area (Å²) in [5, 5.41) is 5.52. The molecule has 148 valence electrons. The molecule has 1 aliphatic rings. The van der Waals surface area contributed by atoms with E-state index in [4.69, 9.17) is 4.99 Å². The highest BCUT2D eigenvalue weighted by Crippen LogP contribution is 2.17. The molecule has 3 rings (SSSR count). The van der Waals surface area contributed by atoms with Gasteiger partial charge in [0, 0.05) is 44.3 Å². The van der Waals surface area contributed by atoms with E-state index < -0.39 is 0 Å². The first-order valence-corrected chi connectivity index (χ1v) is 10.4. The number of nitrogens with zero attached hydrogens (tertiary/aromatic N) is 4. The molecule has 1 saturated heterocycles. The molecule has 3 heterocycles. The summed E-state index contributed by atoms with van der Waals surface area (Å²) >= 11 is 1.81. The molecule has 0 atom stereocenters. The number of hydrogen-bond donors (Lipinski definition) is 1. The topological polar surface area (TPSA) is 43.8 Å². The minimum atomic E-state index is 0. The van der Waals surface area contributed by atoms with Gasteiger partial charge in [0.15, 0.2) is 5.96 Å². The minimum Gasteiger partial charge on any atom is -0.357 e. The molecule has 0 amide bonds. The molecule has 0 spiro atoms. The van der Waals surface area contributed by atoms with Crippen LogP contribution in [0.25, 0.3) is 0 Å². The highest BCUT2D eigenvalue weighted by molar-refractivity contribution is 14.0. The Morgan fingerprint density at radius 3 is 2.74 bits per heavy atom. The van der Waals surface area contributed by atoms with Crippen LogP contribution in [-0.2, 0) is 13.0 Å². The summed E-state index contributed by atoms with van der Waals surface area (Å²) in [6.07, 6.45) is 5.56. The quantitative estimate of drug-likeness (QED) is 0.356. The first-order valence-electron chi connectivity index (χ1n) is 9.48. The van der Waals surface area contributed by atoms with E-state index in [-0.39, 0.29) is 24.0 Å². The number of aliphatic imine (C=N–C) groups is 1. The maximum Gasteiger partial charge on any atom is 0.193 e. The van der Waals surface area contributed by atoms with Crippen molar-refractivity contribution in [1.29, 1.82) is 0 Å². The lowest BCUT2D eigenvalue weighted by Crippen LogP contribution is -2.39. The number of pyridine rings is 1. The molecule has 5 nitrogen and oxygen atoms in total. The first-order chi connectivity index (χ1) is 12.8. The van der Waals surface area contributed by atoms with Crippen molar-refractivity contribution in [3.05, 3.63) is 46.3 Å². The molecule has 2 aromatic rings. The van der Waals surface area contributed by atoms with Gasteiger partial charge in [0.2, 0.25) is 0 Å². The highest BCUT2D eigenvalue weighted by atomic mass is 127. The van der Waals surface area contributed by atoms with E-state index in [0.717, 1.165) is 49.9 Å². The molecule has 2 aromatic heterocycles. The van der Waals surface area contributed by atoms with Crippen molar-refractivity contribution in [2.24, 2.45) is 4.99 Å². The van der Waals surface area contributed by atoms with E-state index in [1.807, 2.05) is 17.5 Å². The highest BCUT2D eigenvalue weighted by Gasteiger charge is 2.13. The number of halogens is 1. The number of aromatic nitrogens is 1. The molecule has 0 unspecified atom stereocenters. The van der Waals surface area contributed by atoms with Crippen molar-refractivity contribution in [3.8, 4) is 0 Å². The molecular formula is C20H30IN5S. The van der Waals surface area contributed by atoms with Crippen molar-refractivity contribution in [3.63, 3.8) is 0 Å². The summed E-state index contributed by atoms with van der Waals surface area (Å²) in [6, 6.07) is 8.58. The largest absolute Gasteiger partial charge is 0.357 e. The van der Waals surface area contributed by atoms with Crippen LogP contribution in [0.5, 0.6) is 0 Å². The fourth-order valence-corrected chi connectivity index (χ4v) is 3.82. The van der Waals surface area contributed by atoms with Gasteiger partial charge in [0.05, 0.1) is 6.54 Å². The second kappa shape index (κ2) is 11.5. The third-order valence-electron chi connectivity index (χ3n) is 4.62. The predicted octanol–water partition coefficient (Wildman–Crippen LogP) is 4.00. The van der Waals surface area contributed by atoms with Crippen LogP contribution in [0.2, 0.25) is 0 Å². The van der Waals surface area contributed by atoms with E-state index in [0.29, 0.717) is 6.54 Å². The van der Waals surface area contributed by atoms with E-state index in [2.05, 4.69) is 63.7 Å². The summed E-state index contributed by atoms with van der Waals surface area (Å²) < 4.78 is 0. The number of thiophene rings is 1. The molecule has 1 fully saturated rings. The Kier molecular flexibility index (Phi) is 9.33. The van der Waals surface area contributed by atoms with Crippen LogP contribution >= 0.6 is 35.3 Å². The first kappa shape index (κ1) is 21.9. The Morgan fingerprint density at radius 2 is 2.11 bits per heavy atom. The van der Waals surface area contributed by atoms with Crippen molar-refractivity contribution in [1.82, 2.24) is 15.2 Å². The van der Waals surface area contributed by atoms with Gasteiger partial charge in [-0.25, -0.2) is 9.98 Å². The Morgan fingerprint density at radius 1 is 1.30 bits per heavy atom. The fourth-order valence-electron chi connectivity index (χ4n) is 3.12. The Labute approximate surface area is 183 Å². The SMILES string of the molecule is CCNC(=NCc1ccc(N2CCCC2)nc1)N(C)CCc1cccs1.I. The maximum absolute atomic E-state index is 4.79. The Balaban J connectivity index is 0.00000261. The second-order valence-corrected chi connectivity index (χ2v) is 7.67. The van der Waals surface area contributed by atoms with E-state index in [1.54, 1.807) is 0 Å². The average molecular weight is 499 g/mol. The molecule has 0 aliphatic carbocycles. The fraction of sp³-hybridized carbons (Fsp3) is 0.500. The molecule has 0 radical (unpaired) electrons. The Hall–Kier alpha value is -1.35. The third-order valence-corrected chi connectivity index (χ3v) is 5.56. The molecule has 0 saturated carbocycles. The van der Waals surface area contributed by atoms with Crippen molar-refractivity contribution in [2.45, 2.75) is 32.7 Å². The number of likely N-dealkylation sites (N-methyl/N-ethyl adjacent to an activating group) is 1. The van der Waals surface area contributed by atoms with Crippen LogP contribution in [-0.4, -0.2) is 49.1 Å². The van der Waals surface area contributed by atoms with Gasteiger partial charge in [-0.1, -0.05) is 12.1 Å².